The lowest BCUT2D eigenvalue weighted by Crippen LogP contribution is -2.44. The Bertz CT molecular complexity index is 1100. The van der Waals surface area contributed by atoms with Crippen LogP contribution < -0.4 is 29.8 Å². The number of methoxy groups -OCH3 is 3. The summed E-state index contributed by atoms with van der Waals surface area (Å²) in [5, 5.41) is 0. The normalized spacial score (nSPS) is 10.2. The van der Waals surface area contributed by atoms with E-state index in [0.717, 1.165) is 11.1 Å². The van der Waals surface area contributed by atoms with Gasteiger partial charge in [-0.1, -0.05) is 48.5 Å². The van der Waals surface area contributed by atoms with Crippen molar-refractivity contribution in [3.05, 3.63) is 83.4 Å². The first kappa shape index (κ1) is 23.5. The summed E-state index contributed by atoms with van der Waals surface area (Å²) in [5.41, 5.74) is 6.96. The molecular formula is C25H26N2O6. The van der Waals surface area contributed by atoms with E-state index in [1.54, 1.807) is 6.07 Å². The fourth-order valence-electron chi connectivity index (χ4n) is 3.19. The third-order valence-corrected chi connectivity index (χ3v) is 4.83. The van der Waals surface area contributed by atoms with Crippen LogP contribution in [0.25, 0.3) is 0 Å². The van der Waals surface area contributed by atoms with Crippen LogP contribution in [0.3, 0.4) is 0 Å². The van der Waals surface area contributed by atoms with Crippen LogP contribution in [0.1, 0.15) is 21.5 Å². The van der Waals surface area contributed by atoms with Crippen LogP contribution in [-0.4, -0.2) is 39.8 Å². The molecular weight excluding hydrogens is 424 g/mol. The minimum atomic E-state index is -0.578. The van der Waals surface area contributed by atoms with Gasteiger partial charge in [0, 0.05) is 18.6 Å². The average molecular weight is 450 g/mol. The molecule has 8 heteroatoms. The van der Waals surface area contributed by atoms with E-state index in [0.29, 0.717) is 23.7 Å². The molecule has 0 aliphatic rings. The summed E-state index contributed by atoms with van der Waals surface area (Å²) in [6.07, 6.45) is 0.675. The molecule has 3 aromatic carbocycles. The van der Waals surface area contributed by atoms with E-state index in [1.165, 1.54) is 33.5 Å². The maximum absolute atomic E-state index is 12.6. The number of nitrogens with one attached hydrogen (secondary N) is 2. The summed E-state index contributed by atoms with van der Waals surface area (Å²) >= 11 is 0. The molecule has 0 atom stereocenters. The Morgan fingerprint density at radius 1 is 0.727 bits per heavy atom. The van der Waals surface area contributed by atoms with Gasteiger partial charge in [0.2, 0.25) is 0 Å². The summed E-state index contributed by atoms with van der Waals surface area (Å²) < 4.78 is 21.4. The van der Waals surface area contributed by atoms with E-state index in [-0.39, 0.29) is 17.9 Å². The first-order valence-corrected chi connectivity index (χ1v) is 10.2. The highest BCUT2D eigenvalue weighted by Crippen LogP contribution is 2.34. The molecule has 0 aliphatic heterocycles. The first-order valence-electron chi connectivity index (χ1n) is 10.2. The second-order valence-electron chi connectivity index (χ2n) is 6.97. The lowest BCUT2D eigenvalue weighted by Gasteiger charge is -2.15. The van der Waals surface area contributed by atoms with Crippen LogP contribution in [0.4, 0.5) is 0 Å². The SMILES string of the molecule is COc1cc(OC)c(C(=O)NNC(=O)COc2ccccc2Cc2ccccc2)cc1OC. The molecule has 33 heavy (non-hydrogen) atoms. The van der Waals surface area contributed by atoms with Crippen LogP contribution in [-0.2, 0) is 11.2 Å². The molecule has 0 bridgehead atoms. The third-order valence-electron chi connectivity index (χ3n) is 4.83. The molecule has 0 aliphatic carbocycles. The number of ether oxygens (including phenoxy) is 4. The maximum atomic E-state index is 12.6. The van der Waals surface area contributed by atoms with E-state index in [1.807, 2.05) is 48.5 Å². The lowest BCUT2D eigenvalue weighted by atomic mass is 10.0. The third kappa shape index (κ3) is 6.16. The van der Waals surface area contributed by atoms with Crippen molar-refractivity contribution in [1.29, 1.82) is 0 Å². The number of carbonyl (C=O) groups is 2. The fraction of sp³-hybridized carbons (Fsp3) is 0.200. The second-order valence-corrected chi connectivity index (χ2v) is 6.97. The van der Waals surface area contributed by atoms with E-state index in [9.17, 15) is 9.59 Å². The molecule has 3 aromatic rings. The predicted molar refractivity (Wildman–Crippen MR) is 123 cm³/mol. The molecule has 0 saturated heterocycles. The topological polar surface area (TPSA) is 95.1 Å². The van der Waals surface area contributed by atoms with Crippen LogP contribution >= 0.6 is 0 Å². The Kier molecular flexibility index (Phi) is 8.13. The molecule has 8 nitrogen and oxygen atoms in total. The van der Waals surface area contributed by atoms with Crippen molar-refractivity contribution in [2.24, 2.45) is 0 Å². The molecule has 0 fully saturated rings. The number of benzene rings is 3. The van der Waals surface area contributed by atoms with Gasteiger partial charge in [0.25, 0.3) is 11.8 Å². The van der Waals surface area contributed by atoms with Crippen LogP contribution in [0.15, 0.2) is 66.7 Å². The van der Waals surface area contributed by atoms with Crippen LogP contribution in [0.5, 0.6) is 23.0 Å². The number of carbonyl (C=O) groups excluding carboxylic acids is 2. The second kappa shape index (κ2) is 11.4. The standard InChI is InChI=1S/C25H26N2O6/c1-30-21-15-23(32-3)22(31-2)14-19(21)25(29)27-26-24(28)16-33-20-12-8-7-11-18(20)13-17-9-5-4-6-10-17/h4-12,14-15H,13,16H2,1-3H3,(H,26,28)(H,27,29). The van der Waals surface area contributed by atoms with Gasteiger partial charge in [0.15, 0.2) is 18.1 Å². The molecule has 0 aromatic heterocycles. The number of para-hydroxylation sites is 1. The monoisotopic (exact) mass is 450 g/mol. The Hall–Kier alpha value is -4.20. The van der Waals surface area contributed by atoms with Crippen molar-refractivity contribution in [3.8, 4) is 23.0 Å². The zero-order valence-electron chi connectivity index (χ0n) is 18.7. The molecule has 172 valence electrons. The zero-order valence-corrected chi connectivity index (χ0v) is 18.7. The molecule has 0 heterocycles. The molecule has 0 spiro atoms. The van der Waals surface area contributed by atoms with Gasteiger partial charge in [-0.2, -0.15) is 0 Å². The van der Waals surface area contributed by atoms with E-state index >= 15 is 0 Å². The molecule has 0 unspecified atom stereocenters. The van der Waals surface area contributed by atoms with Crippen molar-refractivity contribution in [2.75, 3.05) is 27.9 Å². The maximum Gasteiger partial charge on any atom is 0.276 e. The lowest BCUT2D eigenvalue weighted by molar-refractivity contribution is -0.123. The smallest absolute Gasteiger partial charge is 0.276 e. The number of amides is 2. The van der Waals surface area contributed by atoms with Crippen molar-refractivity contribution in [1.82, 2.24) is 10.9 Å². The highest BCUT2D eigenvalue weighted by atomic mass is 16.5. The van der Waals surface area contributed by atoms with Crippen LogP contribution in [0, 0.1) is 0 Å². The van der Waals surface area contributed by atoms with Gasteiger partial charge < -0.3 is 18.9 Å². The summed E-state index contributed by atoms with van der Waals surface area (Å²) in [6.45, 7) is -0.269. The van der Waals surface area contributed by atoms with Crippen LogP contribution in [0.2, 0.25) is 0 Å². The largest absolute Gasteiger partial charge is 0.496 e. The highest BCUT2D eigenvalue weighted by Gasteiger charge is 2.18. The predicted octanol–water partition coefficient (Wildman–Crippen LogP) is 3.14. The van der Waals surface area contributed by atoms with Gasteiger partial charge in [-0.15, -0.1) is 0 Å². The minimum absolute atomic E-state index is 0.171. The van der Waals surface area contributed by atoms with Crippen molar-refractivity contribution < 1.29 is 28.5 Å². The number of hydrogen-bond acceptors (Lipinski definition) is 6. The van der Waals surface area contributed by atoms with Gasteiger partial charge in [0.05, 0.1) is 26.9 Å². The van der Waals surface area contributed by atoms with Gasteiger partial charge in [0.1, 0.15) is 11.5 Å². The number of rotatable bonds is 9. The number of hydrogen-bond donors (Lipinski definition) is 2. The molecule has 0 radical (unpaired) electrons. The highest BCUT2D eigenvalue weighted by molar-refractivity contribution is 5.98. The van der Waals surface area contributed by atoms with E-state index in [4.69, 9.17) is 18.9 Å². The first-order chi connectivity index (χ1) is 16.0. The Labute approximate surface area is 192 Å². The summed E-state index contributed by atoms with van der Waals surface area (Å²) in [4.78, 5) is 24.9. The van der Waals surface area contributed by atoms with E-state index < -0.39 is 11.8 Å². The van der Waals surface area contributed by atoms with Gasteiger partial charge in [-0.05, 0) is 17.2 Å². The average Bonchev–Trinajstić information content (AvgIpc) is 2.86. The number of hydrazine groups is 1. The molecule has 0 saturated carbocycles. The Morgan fingerprint density at radius 3 is 2.06 bits per heavy atom. The summed E-state index contributed by atoms with van der Waals surface area (Å²) in [6, 6.07) is 20.5. The van der Waals surface area contributed by atoms with Crippen molar-refractivity contribution >= 4 is 11.8 Å². The van der Waals surface area contributed by atoms with E-state index in [2.05, 4.69) is 10.9 Å². The van der Waals surface area contributed by atoms with Crippen molar-refractivity contribution in [3.63, 3.8) is 0 Å². The zero-order chi connectivity index (χ0) is 23.6. The minimum Gasteiger partial charge on any atom is -0.496 e. The van der Waals surface area contributed by atoms with Gasteiger partial charge in [-0.3, -0.25) is 20.4 Å². The molecule has 2 N–H and O–H groups in total. The summed E-state index contributed by atoms with van der Waals surface area (Å²) in [7, 11) is 4.37. The molecule has 2 amide bonds. The Balaban J connectivity index is 1.59. The summed E-state index contributed by atoms with van der Waals surface area (Å²) in [5.74, 6) is 0.545. The quantitative estimate of drug-likeness (QED) is 0.487. The fourth-order valence-corrected chi connectivity index (χ4v) is 3.19. The van der Waals surface area contributed by atoms with Gasteiger partial charge in [-0.25, -0.2) is 0 Å². The molecule has 3 rings (SSSR count). The van der Waals surface area contributed by atoms with Crippen molar-refractivity contribution in [2.45, 2.75) is 6.42 Å². The Morgan fingerprint density at radius 2 is 1.36 bits per heavy atom. The van der Waals surface area contributed by atoms with Gasteiger partial charge >= 0.3 is 0 Å².